The average molecular weight is 217 g/mol. The normalized spacial score (nSPS) is 10.4. The topological polar surface area (TPSA) is 50.1 Å². The molecular weight excluding hydrogens is 202 g/mol. The van der Waals surface area contributed by atoms with Gasteiger partial charge in [0.15, 0.2) is 0 Å². The second-order valence-electron chi connectivity index (χ2n) is 3.81. The van der Waals surface area contributed by atoms with E-state index in [-0.39, 0.29) is 0 Å². The highest BCUT2D eigenvalue weighted by molar-refractivity contribution is 5.53. The number of phenolic OH excluding ortho intramolecular Hbond substituents is 1. The molecule has 1 aromatic carbocycles. The third kappa shape index (κ3) is 2.16. The number of anilines is 1. The van der Waals surface area contributed by atoms with Crippen molar-refractivity contribution in [2.75, 3.05) is 5.32 Å². The number of aromatic hydroxyl groups is 1. The third-order valence-corrected chi connectivity index (χ3v) is 2.57. The van der Waals surface area contributed by atoms with Gasteiger partial charge in [-0.3, -0.25) is 0 Å². The van der Waals surface area contributed by atoms with E-state index in [0.717, 1.165) is 17.1 Å². The molecule has 4 nitrogen and oxygen atoms in total. The van der Waals surface area contributed by atoms with Crippen molar-refractivity contribution in [2.45, 2.75) is 13.5 Å². The van der Waals surface area contributed by atoms with Gasteiger partial charge in [0.2, 0.25) is 0 Å². The maximum Gasteiger partial charge on any atom is 0.127 e. The van der Waals surface area contributed by atoms with Gasteiger partial charge in [-0.2, -0.15) is 0 Å². The number of phenols is 1. The first-order chi connectivity index (χ1) is 7.66. The van der Waals surface area contributed by atoms with Crippen molar-refractivity contribution in [3.05, 3.63) is 42.0 Å². The number of nitrogens with one attached hydrogen (secondary N) is 1. The van der Waals surface area contributed by atoms with Crippen LogP contribution in [0, 0.1) is 6.92 Å². The van der Waals surface area contributed by atoms with Crippen LogP contribution in [0.15, 0.2) is 30.6 Å². The minimum absolute atomic E-state index is 0.292. The summed E-state index contributed by atoms with van der Waals surface area (Å²) in [7, 11) is 1.97. The molecular formula is C12H15N3O. The Morgan fingerprint density at radius 1 is 1.44 bits per heavy atom. The Labute approximate surface area is 94.6 Å². The van der Waals surface area contributed by atoms with Crippen molar-refractivity contribution in [3.63, 3.8) is 0 Å². The third-order valence-electron chi connectivity index (χ3n) is 2.57. The maximum absolute atomic E-state index is 9.29. The minimum Gasteiger partial charge on any atom is -0.508 e. The summed E-state index contributed by atoms with van der Waals surface area (Å²) in [6.07, 6.45) is 3.70. The van der Waals surface area contributed by atoms with Crippen molar-refractivity contribution < 1.29 is 5.11 Å². The molecule has 0 radical (unpaired) electrons. The second kappa shape index (κ2) is 4.26. The summed E-state index contributed by atoms with van der Waals surface area (Å²) in [6, 6.07) is 5.28. The Balaban J connectivity index is 2.08. The van der Waals surface area contributed by atoms with E-state index in [2.05, 4.69) is 10.3 Å². The number of hydrogen-bond donors (Lipinski definition) is 2. The molecule has 4 heteroatoms. The summed E-state index contributed by atoms with van der Waals surface area (Å²) in [4.78, 5) is 4.23. The van der Waals surface area contributed by atoms with Crippen molar-refractivity contribution in [3.8, 4) is 5.75 Å². The lowest BCUT2D eigenvalue weighted by molar-refractivity contribution is 0.475. The zero-order valence-electron chi connectivity index (χ0n) is 9.44. The molecule has 0 spiro atoms. The molecule has 16 heavy (non-hydrogen) atoms. The lowest BCUT2D eigenvalue weighted by Gasteiger charge is -2.09. The fourth-order valence-corrected chi connectivity index (χ4v) is 1.59. The zero-order valence-corrected chi connectivity index (χ0v) is 9.44. The summed E-state index contributed by atoms with van der Waals surface area (Å²) in [5.41, 5.74) is 2.04. The molecule has 0 amide bonds. The summed E-state index contributed by atoms with van der Waals surface area (Å²) < 4.78 is 1.97. The first-order valence-corrected chi connectivity index (χ1v) is 5.16. The molecule has 2 rings (SSSR count). The fourth-order valence-electron chi connectivity index (χ4n) is 1.59. The lowest BCUT2D eigenvalue weighted by atomic mass is 10.2. The first kappa shape index (κ1) is 10.5. The summed E-state index contributed by atoms with van der Waals surface area (Å²) in [5, 5.41) is 12.6. The molecule has 1 aromatic heterocycles. The zero-order chi connectivity index (χ0) is 11.5. The van der Waals surface area contributed by atoms with Crippen LogP contribution >= 0.6 is 0 Å². The predicted molar refractivity (Wildman–Crippen MR) is 63.4 cm³/mol. The number of rotatable bonds is 3. The molecule has 84 valence electrons. The molecule has 0 aliphatic carbocycles. The van der Waals surface area contributed by atoms with Gasteiger partial charge in [0.25, 0.3) is 0 Å². The van der Waals surface area contributed by atoms with Crippen molar-refractivity contribution >= 4 is 5.69 Å². The molecule has 0 aliphatic rings. The quantitative estimate of drug-likeness (QED) is 0.773. The van der Waals surface area contributed by atoms with Gasteiger partial charge in [0.05, 0.1) is 6.54 Å². The molecule has 0 aliphatic heterocycles. The number of benzene rings is 1. The lowest BCUT2D eigenvalue weighted by Crippen LogP contribution is -2.06. The van der Waals surface area contributed by atoms with Gasteiger partial charge in [0.1, 0.15) is 11.6 Å². The Morgan fingerprint density at radius 2 is 2.25 bits per heavy atom. The molecule has 0 atom stereocenters. The molecule has 0 fully saturated rings. The van der Waals surface area contributed by atoms with Gasteiger partial charge in [0, 0.05) is 25.1 Å². The van der Waals surface area contributed by atoms with E-state index in [0.29, 0.717) is 12.3 Å². The van der Waals surface area contributed by atoms with Crippen molar-refractivity contribution in [2.24, 2.45) is 7.05 Å². The van der Waals surface area contributed by atoms with Gasteiger partial charge in [-0.25, -0.2) is 4.98 Å². The standard InChI is InChI=1S/C12H15N3O/c1-9-7-10(16)3-4-11(9)14-8-12-13-5-6-15(12)2/h3-7,14,16H,8H2,1-2H3. The van der Waals surface area contributed by atoms with Gasteiger partial charge >= 0.3 is 0 Å². The Morgan fingerprint density at radius 3 is 2.88 bits per heavy atom. The largest absolute Gasteiger partial charge is 0.508 e. The van der Waals surface area contributed by atoms with E-state index in [1.807, 2.05) is 30.8 Å². The average Bonchev–Trinajstić information content (AvgIpc) is 2.63. The maximum atomic E-state index is 9.29. The van der Waals surface area contributed by atoms with E-state index in [4.69, 9.17) is 0 Å². The first-order valence-electron chi connectivity index (χ1n) is 5.16. The number of nitrogens with zero attached hydrogens (tertiary/aromatic N) is 2. The smallest absolute Gasteiger partial charge is 0.127 e. The van der Waals surface area contributed by atoms with E-state index in [9.17, 15) is 5.11 Å². The molecule has 2 aromatic rings. The van der Waals surface area contributed by atoms with Crippen LogP contribution in [0.3, 0.4) is 0 Å². The van der Waals surface area contributed by atoms with Gasteiger partial charge < -0.3 is 15.0 Å². The van der Waals surface area contributed by atoms with Gasteiger partial charge in [-0.1, -0.05) is 0 Å². The second-order valence-corrected chi connectivity index (χ2v) is 3.81. The van der Waals surface area contributed by atoms with Gasteiger partial charge in [-0.15, -0.1) is 0 Å². The number of aromatic nitrogens is 2. The summed E-state index contributed by atoms with van der Waals surface area (Å²) in [5.74, 6) is 1.27. The van der Waals surface area contributed by atoms with Crippen LogP contribution in [-0.2, 0) is 13.6 Å². The van der Waals surface area contributed by atoms with Crippen LogP contribution in [0.5, 0.6) is 5.75 Å². The SMILES string of the molecule is Cc1cc(O)ccc1NCc1nccn1C. The summed E-state index contributed by atoms with van der Waals surface area (Å²) >= 11 is 0. The van der Waals surface area contributed by atoms with Crippen molar-refractivity contribution in [1.82, 2.24) is 9.55 Å². The van der Waals surface area contributed by atoms with Crippen LogP contribution in [0.1, 0.15) is 11.4 Å². The van der Waals surface area contributed by atoms with Crippen molar-refractivity contribution in [1.29, 1.82) is 0 Å². The van der Waals surface area contributed by atoms with E-state index < -0.39 is 0 Å². The molecule has 0 bridgehead atoms. The van der Waals surface area contributed by atoms with E-state index in [1.165, 1.54) is 0 Å². The minimum atomic E-state index is 0.292. The van der Waals surface area contributed by atoms with Crippen LogP contribution in [0.25, 0.3) is 0 Å². The van der Waals surface area contributed by atoms with E-state index in [1.54, 1.807) is 18.3 Å². The Bertz CT molecular complexity index is 491. The monoisotopic (exact) mass is 217 g/mol. The van der Waals surface area contributed by atoms with Gasteiger partial charge in [-0.05, 0) is 30.7 Å². The molecule has 0 unspecified atom stereocenters. The highest BCUT2D eigenvalue weighted by Gasteiger charge is 2.01. The van der Waals surface area contributed by atoms with Crippen LogP contribution in [-0.4, -0.2) is 14.7 Å². The van der Waals surface area contributed by atoms with E-state index >= 15 is 0 Å². The molecule has 0 saturated carbocycles. The number of imidazole rings is 1. The molecule has 2 N–H and O–H groups in total. The van der Waals surface area contributed by atoms with Crippen LogP contribution < -0.4 is 5.32 Å². The summed E-state index contributed by atoms with van der Waals surface area (Å²) in [6.45, 7) is 2.63. The van der Waals surface area contributed by atoms with Crippen LogP contribution in [0.4, 0.5) is 5.69 Å². The number of hydrogen-bond acceptors (Lipinski definition) is 3. The fraction of sp³-hybridized carbons (Fsp3) is 0.250. The van der Waals surface area contributed by atoms with Crippen LogP contribution in [0.2, 0.25) is 0 Å². The number of aryl methyl sites for hydroxylation is 2. The Kier molecular flexibility index (Phi) is 2.81. The highest BCUT2D eigenvalue weighted by atomic mass is 16.3. The highest BCUT2D eigenvalue weighted by Crippen LogP contribution is 2.20. The predicted octanol–water partition coefficient (Wildman–Crippen LogP) is 2.05. The Hall–Kier alpha value is -1.97. The molecule has 1 heterocycles. The molecule has 0 saturated heterocycles.